The zero-order valence-electron chi connectivity index (χ0n) is 19.2. The van der Waals surface area contributed by atoms with Gasteiger partial charge < -0.3 is 21.5 Å². The van der Waals surface area contributed by atoms with Gasteiger partial charge in [0.05, 0.1) is 24.3 Å². The zero-order chi connectivity index (χ0) is 26.2. The maximum Gasteiger partial charge on any atom is 0.410 e. The van der Waals surface area contributed by atoms with E-state index < -0.39 is 41.8 Å². The summed E-state index contributed by atoms with van der Waals surface area (Å²) in [6.45, 7) is 0.0848. The fraction of sp³-hybridized carbons (Fsp3) is 0.333. The van der Waals surface area contributed by atoms with Crippen molar-refractivity contribution in [2.24, 2.45) is 17.4 Å². The molecule has 1 aliphatic heterocycles. The fourth-order valence-corrected chi connectivity index (χ4v) is 4.29. The Hall–Kier alpha value is -3.80. The van der Waals surface area contributed by atoms with E-state index in [4.69, 9.17) is 16.2 Å². The molecule has 2 atom stereocenters. The molecule has 2 aromatic rings. The van der Waals surface area contributed by atoms with Crippen LogP contribution in [-0.4, -0.2) is 36.2 Å². The second-order valence-corrected chi connectivity index (χ2v) is 8.69. The van der Waals surface area contributed by atoms with E-state index in [9.17, 15) is 27.2 Å². The highest BCUT2D eigenvalue weighted by Gasteiger charge is 2.55. The summed E-state index contributed by atoms with van der Waals surface area (Å²) in [6.07, 6.45) is -3.73. The van der Waals surface area contributed by atoms with E-state index >= 15 is 0 Å². The summed E-state index contributed by atoms with van der Waals surface area (Å²) >= 11 is 0. The van der Waals surface area contributed by atoms with Crippen LogP contribution in [0.1, 0.15) is 40.4 Å². The molecular formula is C24H25F4N5O3. The lowest BCUT2D eigenvalue weighted by atomic mass is 9.98. The lowest BCUT2D eigenvalue weighted by Crippen LogP contribution is -2.52. The fourth-order valence-electron chi connectivity index (χ4n) is 4.29. The highest BCUT2D eigenvalue weighted by atomic mass is 19.4. The van der Waals surface area contributed by atoms with Crippen molar-refractivity contribution in [2.75, 3.05) is 7.11 Å². The number of nitrogens with zero attached hydrogens (tertiary/aromatic N) is 1. The van der Waals surface area contributed by atoms with Gasteiger partial charge in [-0.3, -0.25) is 14.6 Å². The van der Waals surface area contributed by atoms with Crippen LogP contribution in [0, 0.1) is 11.7 Å². The highest BCUT2D eigenvalue weighted by Crippen LogP contribution is 2.45. The molecule has 2 aromatic carbocycles. The number of amides is 2. The Balaban J connectivity index is 1.49. The molecule has 1 aliphatic carbocycles. The monoisotopic (exact) mass is 507 g/mol. The van der Waals surface area contributed by atoms with Gasteiger partial charge in [-0.2, -0.15) is 13.2 Å². The number of alkyl halides is 3. The third-order valence-corrected chi connectivity index (χ3v) is 6.21. The number of halogens is 4. The molecule has 0 spiro atoms. The third-order valence-electron chi connectivity index (χ3n) is 6.21. The molecule has 2 aliphatic rings. The van der Waals surface area contributed by atoms with Crippen molar-refractivity contribution in [3.05, 3.63) is 76.4 Å². The van der Waals surface area contributed by atoms with Crippen molar-refractivity contribution < 1.29 is 31.9 Å². The molecule has 1 saturated carbocycles. The van der Waals surface area contributed by atoms with Gasteiger partial charge >= 0.3 is 6.18 Å². The molecule has 0 aromatic heterocycles. The number of carbonyl (C=O) groups excluding carboxylic acids is 2. The molecule has 192 valence electrons. The Bertz CT molecular complexity index is 1200. The maximum atomic E-state index is 13.7. The number of methoxy groups -OCH3 is 1. The quantitative estimate of drug-likeness (QED) is 0.408. The van der Waals surface area contributed by atoms with Crippen molar-refractivity contribution in [1.82, 2.24) is 15.8 Å². The molecule has 36 heavy (non-hydrogen) atoms. The predicted octanol–water partition coefficient (Wildman–Crippen LogP) is 2.62. The molecule has 1 fully saturated rings. The molecule has 2 amide bonds. The van der Waals surface area contributed by atoms with Gasteiger partial charge in [-0.15, -0.1) is 0 Å². The van der Waals surface area contributed by atoms with E-state index in [-0.39, 0.29) is 29.3 Å². The second kappa shape index (κ2) is 9.69. The number of nitrogens with one attached hydrogen (secondary N) is 2. The van der Waals surface area contributed by atoms with Crippen LogP contribution in [-0.2, 0) is 11.3 Å². The Morgan fingerprint density at radius 1 is 1.19 bits per heavy atom. The first-order valence-electron chi connectivity index (χ1n) is 11.1. The third kappa shape index (κ3) is 5.08. The summed E-state index contributed by atoms with van der Waals surface area (Å²) < 4.78 is 59.9. The molecule has 0 radical (unpaired) electrons. The van der Waals surface area contributed by atoms with Crippen LogP contribution in [0.3, 0.4) is 0 Å². The number of primary amides is 1. The number of rotatable bonds is 8. The number of hydrogen-bond donors (Lipinski definition) is 4. The molecule has 0 bridgehead atoms. The minimum atomic E-state index is -4.55. The maximum absolute atomic E-state index is 13.7. The molecule has 12 heteroatoms. The largest absolute Gasteiger partial charge is 0.496 e. The smallest absolute Gasteiger partial charge is 0.410 e. The minimum Gasteiger partial charge on any atom is -0.496 e. The van der Waals surface area contributed by atoms with Gasteiger partial charge in [0.15, 0.2) is 0 Å². The van der Waals surface area contributed by atoms with Crippen molar-refractivity contribution in [3.63, 3.8) is 0 Å². The lowest BCUT2D eigenvalue weighted by molar-refractivity contribution is -0.191. The van der Waals surface area contributed by atoms with Crippen molar-refractivity contribution >= 4 is 11.8 Å². The van der Waals surface area contributed by atoms with E-state index in [1.807, 2.05) is 0 Å². The standard InChI is InChI=1S/C24H25F4N5O3/c1-36-17-9-8-15(25)10-16(17)23(35)31-11-12-2-4-13(5-3-12)19-18(22(30)34)21(29)33(32-19)20(14-6-7-14)24(26,27)28/h2-5,8-10,14,19-20,32H,6-7,11,29H2,1H3,(H2,30,34)(H,31,35). The molecule has 0 saturated heterocycles. The van der Waals surface area contributed by atoms with Crippen LogP contribution >= 0.6 is 0 Å². The summed E-state index contributed by atoms with van der Waals surface area (Å²) in [5, 5.41) is 3.47. The minimum absolute atomic E-state index is 0.0333. The SMILES string of the molecule is COc1ccc(F)cc1C(=O)NCc1ccc(C2NN(C(C3CC3)C(F)(F)F)C(N)=C2C(N)=O)cc1. The van der Waals surface area contributed by atoms with Gasteiger partial charge in [-0.25, -0.2) is 9.82 Å². The number of hydrazine groups is 1. The highest BCUT2D eigenvalue weighted by molar-refractivity contribution is 5.97. The summed E-state index contributed by atoms with van der Waals surface area (Å²) in [5.74, 6) is -2.81. The first kappa shape index (κ1) is 25.3. The van der Waals surface area contributed by atoms with Gasteiger partial charge in [0, 0.05) is 6.54 Å². The van der Waals surface area contributed by atoms with Crippen molar-refractivity contribution in [3.8, 4) is 5.75 Å². The van der Waals surface area contributed by atoms with Gasteiger partial charge in [-0.05, 0) is 48.1 Å². The van der Waals surface area contributed by atoms with Gasteiger partial charge in [0.2, 0.25) is 5.91 Å². The molecular weight excluding hydrogens is 482 g/mol. The van der Waals surface area contributed by atoms with E-state index in [0.717, 1.165) is 11.1 Å². The van der Waals surface area contributed by atoms with Crippen LogP contribution in [0.15, 0.2) is 53.9 Å². The number of ether oxygens (including phenoxy) is 1. The normalized spacial score (nSPS) is 18.8. The van der Waals surface area contributed by atoms with Crippen LogP contribution in [0.2, 0.25) is 0 Å². The summed E-state index contributed by atoms with van der Waals surface area (Å²) in [5.41, 5.74) is 15.2. The molecule has 6 N–H and O–H groups in total. The summed E-state index contributed by atoms with van der Waals surface area (Å²) in [7, 11) is 1.37. The van der Waals surface area contributed by atoms with Crippen LogP contribution in [0.5, 0.6) is 5.75 Å². The first-order valence-corrected chi connectivity index (χ1v) is 11.1. The van der Waals surface area contributed by atoms with E-state index in [1.54, 1.807) is 24.3 Å². The molecule has 2 unspecified atom stereocenters. The topological polar surface area (TPSA) is 123 Å². The number of benzene rings is 2. The molecule has 4 rings (SSSR count). The number of carbonyl (C=O) groups is 2. The Labute approximate surface area is 204 Å². The van der Waals surface area contributed by atoms with Crippen LogP contribution < -0.4 is 26.9 Å². The van der Waals surface area contributed by atoms with E-state index in [0.29, 0.717) is 24.0 Å². The van der Waals surface area contributed by atoms with Crippen LogP contribution in [0.25, 0.3) is 0 Å². The zero-order valence-corrected chi connectivity index (χ0v) is 19.2. The lowest BCUT2D eigenvalue weighted by Gasteiger charge is -2.32. The Morgan fingerprint density at radius 2 is 1.86 bits per heavy atom. The first-order chi connectivity index (χ1) is 17.0. The van der Waals surface area contributed by atoms with Crippen LogP contribution in [0.4, 0.5) is 17.6 Å². The van der Waals surface area contributed by atoms with Gasteiger partial charge in [0.25, 0.3) is 5.91 Å². The average molecular weight is 507 g/mol. The molecule has 8 nitrogen and oxygen atoms in total. The van der Waals surface area contributed by atoms with Crippen molar-refractivity contribution in [2.45, 2.75) is 37.6 Å². The number of hydrogen-bond acceptors (Lipinski definition) is 6. The Kier molecular flexibility index (Phi) is 6.81. The second-order valence-electron chi connectivity index (χ2n) is 8.69. The molecule has 1 heterocycles. The average Bonchev–Trinajstić information content (AvgIpc) is 3.59. The van der Waals surface area contributed by atoms with Gasteiger partial charge in [0.1, 0.15) is 23.4 Å². The van der Waals surface area contributed by atoms with Crippen molar-refractivity contribution in [1.29, 1.82) is 0 Å². The predicted molar refractivity (Wildman–Crippen MR) is 121 cm³/mol. The summed E-state index contributed by atoms with van der Waals surface area (Å²) in [6, 6.07) is 7.22. The van der Waals surface area contributed by atoms with Gasteiger partial charge in [-0.1, -0.05) is 24.3 Å². The van der Waals surface area contributed by atoms with E-state index in [2.05, 4.69) is 10.7 Å². The van der Waals surface area contributed by atoms with E-state index in [1.165, 1.54) is 19.2 Å². The Morgan fingerprint density at radius 3 is 2.42 bits per heavy atom. The number of nitrogens with two attached hydrogens (primary N) is 2. The summed E-state index contributed by atoms with van der Waals surface area (Å²) in [4.78, 5) is 24.6.